The van der Waals surface area contributed by atoms with Crippen LogP contribution in [0, 0.1) is 23.7 Å². The van der Waals surface area contributed by atoms with Crippen LogP contribution in [0.25, 0.3) is 0 Å². The molecule has 0 aliphatic heterocycles. The summed E-state index contributed by atoms with van der Waals surface area (Å²) in [6.07, 6.45) is -0.0745. The van der Waals surface area contributed by atoms with E-state index in [4.69, 9.17) is 9.47 Å². The van der Waals surface area contributed by atoms with Gasteiger partial charge >= 0.3 is 0 Å². The van der Waals surface area contributed by atoms with E-state index < -0.39 is 0 Å². The standard InChI is InChI=1S/C17H24O3/c1-5-6-13(2)17(14(3)11-18)20-12-15-7-9-16(19-4)10-8-15/h7-10,13-14,17-18H,11-12H2,1-4H3/t13-,14-,17-/m1/s1. The van der Waals surface area contributed by atoms with E-state index in [2.05, 4.69) is 11.8 Å². The molecule has 1 rings (SSSR count). The number of aliphatic hydroxyl groups excluding tert-OH is 1. The van der Waals surface area contributed by atoms with Crippen LogP contribution in [0.4, 0.5) is 0 Å². The third-order valence-corrected chi connectivity index (χ3v) is 3.32. The predicted molar refractivity (Wildman–Crippen MR) is 80.4 cm³/mol. The lowest BCUT2D eigenvalue weighted by Gasteiger charge is -2.26. The summed E-state index contributed by atoms with van der Waals surface area (Å²) >= 11 is 0. The molecule has 0 unspecified atom stereocenters. The molecule has 0 bridgehead atoms. The van der Waals surface area contributed by atoms with Gasteiger partial charge in [0.05, 0.1) is 19.8 Å². The second-order valence-electron chi connectivity index (χ2n) is 4.97. The van der Waals surface area contributed by atoms with Crippen LogP contribution >= 0.6 is 0 Å². The van der Waals surface area contributed by atoms with Crippen LogP contribution < -0.4 is 4.74 Å². The molecule has 0 amide bonds. The van der Waals surface area contributed by atoms with Crippen molar-refractivity contribution in [3.8, 4) is 17.6 Å². The summed E-state index contributed by atoms with van der Waals surface area (Å²) < 4.78 is 11.1. The first-order chi connectivity index (χ1) is 9.62. The molecule has 1 aromatic rings. The molecule has 3 nitrogen and oxygen atoms in total. The van der Waals surface area contributed by atoms with Crippen LogP contribution in [0.1, 0.15) is 26.3 Å². The normalized spacial score (nSPS) is 14.8. The van der Waals surface area contributed by atoms with Crippen molar-refractivity contribution in [3.63, 3.8) is 0 Å². The van der Waals surface area contributed by atoms with Crippen molar-refractivity contribution in [2.75, 3.05) is 13.7 Å². The van der Waals surface area contributed by atoms with Crippen LogP contribution in [-0.4, -0.2) is 24.9 Å². The van der Waals surface area contributed by atoms with Gasteiger partial charge in [-0.2, -0.15) is 0 Å². The SMILES string of the molecule is CC#C[C@@H](C)[C@@H](OCc1ccc(OC)cc1)[C@H](C)CO. The Hall–Kier alpha value is -1.50. The van der Waals surface area contributed by atoms with Crippen molar-refractivity contribution in [2.24, 2.45) is 11.8 Å². The molecule has 3 heteroatoms. The van der Waals surface area contributed by atoms with E-state index in [9.17, 15) is 5.11 Å². The fourth-order valence-corrected chi connectivity index (χ4v) is 2.13. The van der Waals surface area contributed by atoms with E-state index in [1.54, 1.807) is 7.11 Å². The molecule has 0 saturated carbocycles. The van der Waals surface area contributed by atoms with Crippen molar-refractivity contribution < 1.29 is 14.6 Å². The minimum atomic E-state index is -0.0745. The van der Waals surface area contributed by atoms with Gasteiger partial charge in [0, 0.05) is 18.4 Å². The lowest BCUT2D eigenvalue weighted by Crippen LogP contribution is -2.30. The van der Waals surface area contributed by atoms with Crippen LogP contribution in [0.3, 0.4) is 0 Å². The van der Waals surface area contributed by atoms with E-state index >= 15 is 0 Å². The molecule has 0 aliphatic carbocycles. The molecule has 0 heterocycles. The fraction of sp³-hybridized carbons (Fsp3) is 0.529. The van der Waals surface area contributed by atoms with Crippen LogP contribution in [0.15, 0.2) is 24.3 Å². The van der Waals surface area contributed by atoms with E-state index in [1.165, 1.54) is 0 Å². The largest absolute Gasteiger partial charge is 0.497 e. The maximum atomic E-state index is 9.34. The predicted octanol–water partition coefficient (Wildman–Crippen LogP) is 2.87. The molecule has 1 aromatic carbocycles. The maximum Gasteiger partial charge on any atom is 0.118 e. The number of hydrogen-bond donors (Lipinski definition) is 1. The monoisotopic (exact) mass is 276 g/mol. The molecule has 20 heavy (non-hydrogen) atoms. The van der Waals surface area contributed by atoms with Gasteiger partial charge in [0.15, 0.2) is 0 Å². The lowest BCUT2D eigenvalue weighted by atomic mass is 9.94. The lowest BCUT2D eigenvalue weighted by molar-refractivity contribution is -0.0288. The number of benzene rings is 1. The van der Waals surface area contributed by atoms with E-state index in [0.29, 0.717) is 6.61 Å². The molecule has 0 spiro atoms. The van der Waals surface area contributed by atoms with Crippen LogP contribution in [0.5, 0.6) is 5.75 Å². The smallest absolute Gasteiger partial charge is 0.118 e. The third kappa shape index (κ3) is 4.88. The first-order valence-electron chi connectivity index (χ1n) is 6.90. The Morgan fingerprint density at radius 3 is 2.35 bits per heavy atom. The molecule has 3 atom stereocenters. The molecular weight excluding hydrogens is 252 g/mol. The van der Waals surface area contributed by atoms with Gasteiger partial charge in [-0.25, -0.2) is 0 Å². The molecule has 110 valence electrons. The van der Waals surface area contributed by atoms with Crippen LogP contribution in [0.2, 0.25) is 0 Å². The average Bonchev–Trinajstić information content (AvgIpc) is 2.48. The van der Waals surface area contributed by atoms with Gasteiger partial charge in [0.1, 0.15) is 5.75 Å². The zero-order chi connectivity index (χ0) is 15.0. The van der Waals surface area contributed by atoms with Gasteiger partial charge < -0.3 is 14.6 Å². The molecule has 0 radical (unpaired) electrons. The second-order valence-corrected chi connectivity index (χ2v) is 4.97. The minimum Gasteiger partial charge on any atom is -0.497 e. The minimum absolute atomic E-state index is 0.0594. The van der Waals surface area contributed by atoms with Gasteiger partial charge in [0.25, 0.3) is 0 Å². The number of rotatable bonds is 7. The quantitative estimate of drug-likeness (QED) is 0.778. The summed E-state index contributed by atoms with van der Waals surface area (Å²) in [6.45, 7) is 6.44. The highest BCUT2D eigenvalue weighted by molar-refractivity contribution is 5.26. The van der Waals surface area contributed by atoms with E-state index in [-0.39, 0.29) is 24.5 Å². The van der Waals surface area contributed by atoms with Crippen LogP contribution in [-0.2, 0) is 11.3 Å². The van der Waals surface area contributed by atoms with Gasteiger partial charge in [0.2, 0.25) is 0 Å². The summed E-state index contributed by atoms with van der Waals surface area (Å²) in [7, 11) is 1.65. The Balaban J connectivity index is 2.66. The average molecular weight is 276 g/mol. The number of hydrogen-bond acceptors (Lipinski definition) is 3. The van der Waals surface area contributed by atoms with Crippen molar-refractivity contribution in [3.05, 3.63) is 29.8 Å². The summed E-state index contributed by atoms with van der Waals surface area (Å²) in [5.41, 5.74) is 1.08. The number of aliphatic hydroxyl groups is 1. The summed E-state index contributed by atoms with van der Waals surface area (Å²) in [5, 5.41) is 9.34. The van der Waals surface area contributed by atoms with E-state index in [0.717, 1.165) is 11.3 Å². The van der Waals surface area contributed by atoms with Gasteiger partial charge in [-0.1, -0.05) is 25.0 Å². The Morgan fingerprint density at radius 2 is 1.85 bits per heavy atom. The third-order valence-electron chi connectivity index (χ3n) is 3.32. The summed E-state index contributed by atoms with van der Waals surface area (Å²) in [4.78, 5) is 0. The molecule has 0 aromatic heterocycles. The first-order valence-corrected chi connectivity index (χ1v) is 6.90. The molecule has 0 fully saturated rings. The molecule has 0 aliphatic rings. The fourth-order valence-electron chi connectivity index (χ4n) is 2.13. The highest BCUT2D eigenvalue weighted by atomic mass is 16.5. The molecular formula is C17H24O3. The van der Waals surface area contributed by atoms with Crippen molar-refractivity contribution in [1.29, 1.82) is 0 Å². The van der Waals surface area contributed by atoms with Crippen molar-refractivity contribution in [1.82, 2.24) is 0 Å². The Bertz CT molecular complexity index is 442. The first kappa shape index (κ1) is 16.6. The zero-order valence-corrected chi connectivity index (χ0v) is 12.7. The number of methoxy groups -OCH3 is 1. The van der Waals surface area contributed by atoms with Gasteiger partial charge in [-0.15, -0.1) is 5.92 Å². The Labute approximate surface area is 121 Å². The molecule has 0 saturated heterocycles. The highest BCUT2D eigenvalue weighted by Crippen LogP contribution is 2.19. The highest BCUT2D eigenvalue weighted by Gasteiger charge is 2.22. The number of ether oxygens (including phenoxy) is 2. The second kappa shape index (κ2) is 8.63. The van der Waals surface area contributed by atoms with Gasteiger partial charge in [-0.3, -0.25) is 0 Å². The zero-order valence-electron chi connectivity index (χ0n) is 12.7. The molecule has 1 N–H and O–H groups in total. The summed E-state index contributed by atoms with van der Waals surface area (Å²) in [6, 6.07) is 7.79. The van der Waals surface area contributed by atoms with Gasteiger partial charge in [-0.05, 0) is 31.5 Å². The van der Waals surface area contributed by atoms with E-state index in [1.807, 2.05) is 45.0 Å². The Kier molecular flexibility index (Phi) is 7.14. The van der Waals surface area contributed by atoms with Crippen molar-refractivity contribution in [2.45, 2.75) is 33.5 Å². The van der Waals surface area contributed by atoms with Crippen molar-refractivity contribution >= 4 is 0 Å². The maximum absolute atomic E-state index is 9.34. The Morgan fingerprint density at radius 1 is 1.20 bits per heavy atom. The topological polar surface area (TPSA) is 38.7 Å². The summed E-state index contributed by atoms with van der Waals surface area (Å²) in [5.74, 6) is 7.01.